The predicted octanol–water partition coefficient (Wildman–Crippen LogP) is 3.41. The summed E-state index contributed by atoms with van der Waals surface area (Å²) in [5.74, 6) is 6.45. The van der Waals surface area contributed by atoms with Crippen LogP contribution in [0.25, 0.3) is 0 Å². The number of piperidine rings is 1. The summed E-state index contributed by atoms with van der Waals surface area (Å²) in [7, 11) is 0. The van der Waals surface area contributed by atoms with Crippen molar-refractivity contribution in [2.75, 3.05) is 19.6 Å². The molecule has 1 N–H and O–H groups in total. The molecule has 1 fully saturated rings. The van der Waals surface area contributed by atoms with E-state index in [-0.39, 0.29) is 0 Å². The normalized spacial score (nSPS) is 17.3. The van der Waals surface area contributed by atoms with Crippen LogP contribution in [0.1, 0.15) is 30.4 Å². The van der Waals surface area contributed by atoms with Crippen molar-refractivity contribution in [2.24, 2.45) is 0 Å². The maximum Gasteiger partial charge on any atom is 0.0920 e. The molecule has 23 heavy (non-hydrogen) atoms. The lowest BCUT2D eigenvalue weighted by atomic mass is 9.84. The molecule has 1 aliphatic rings. The van der Waals surface area contributed by atoms with Crippen molar-refractivity contribution >= 4 is 0 Å². The molecular formula is C21H23NO. The van der Waals surface area contributed by atoms with Crippen LogP contribution in [-0.2, 0) is 5.60 Å². The predicted molar refractivity (Wildman–Crippen MR) is 93.9 cm³/mol. The van der Waals surface area contributed by atoms with Gasteiger partial charge in [-0.15, -0.1) is 0 Å². The fraction of sp³-hybridized carbons (Fsp3) is 0.333. The molecule has 1 saturated heterocycles. The summed E-state index contributed by atoms with van der Waals surface area (Å²) in [6.45, 7) is 2.83. The van der Waals surface area contributed by atoms with Gasteiger partial charge in [0.15, 0.2) is 0 Å². The van der Waals surface area contributed by atoms with Gasteiger partial charge in [0.05, 0.1) is 5.60 Å². The van der Waals surface area contributed by atoms with Gasteiger partial charge in [-0.1, -0.05) is 60.4 Å². The first-order chi connectivity index (χ1) is 11.3. The molecule has 118 valence electrons. The standard InChI is InChI=1S/C21H23NO/c23-21(20-12-5-2-6-13-20)14-17-22(18-15-21)16-8-7-11-19-9-3-1-4-10-19/h1-6,9-10,12-13,23H,8,14-18H2. The maximum atomic E-state index is 10.8. The molecule has 0 aromatic heterocycles. The zero-order valence-electron chi connectivity index (χ0n) is 13.4. The Labute approximate surface area is 138 Å². The summed E-state index contributed by atoms with van der Waals surface area (Å²) in [6, 6.07) is 20.2. The molecule has 3 rings (SSSR count). The van der Waals surface area contributed by atoms with E-state index in [1.54, 1.807) is 0 Å². The molecule has 0 unspecified atom stereocenters. The first kappa shape index (κ1) is 15.8. The second-order valence-electron chi connectivity index (χ2n) is 6.16. The molecule has 0 amide bonds. The highest BCUT2D eigenvalue weighted by Gasteiger charge is 2.33. The van der Waals surface area contributed by atoms with Gasteiger partial charge in [0, 0.05) is 31.6 Å². The van der Waals surface area contributed by atoms with E-state index in [1.807, 2.05) is 60.7 Å². The van der Waals surface area contributed by atoms with Crippen LogP contribution in [-0.4, -0.2) is 29.6 Å². The number of benzene rings is 2. The summed E-state index contributed by atoms with van der Waals surface area (Å²) in [5, 5.41) is 10.8. The molecule has 0 aliphatic carbocycles. The Morgan fingerprint density at radius 3 is 2.17 bits per heavy atom. The van der Waals surface area contributed by atoms with E-state index >= 15 is 0 Å². The highest BCUT2D eigenvalue weighted by atomic mass is 16.3. The number of hydrogen-bond acceptors (Lipinski definition) is 2. The van der Waals surface area contributed by atoms with Crippen molar-refractivity contribution in [2.45, 2.75) is 24.9 Å². The third-order valence-electron chi connectivity index (χ3n) is 4.55. The lowest BCUT2D eigenvalue weighted by Crippen LogP contribution is -2.42. The third kappa shape index (κ3) is 4.22. The molecule has 2 heteroatoms. The number of rotatable bonds is 3. The van der Waals surface area contributed by atoms with Crippen LogP contribution >= 0.6 is 0 Å². The zero-order valence-corrected chi connectivity index (χ0v) is 13.4. The van der Waals surface area contributed by atoms with Crippen molar-refractivity contribution in [3.05, 3.63) is 71.8 Å². The Hall–Kier alpha value is -2.08. The van der Waals surface area contributed by atoms with Gasteiger partial charge in [-0.2, -0.15) is 0 Å². The average Bonchev–Trinajstić information content (AvgIpc) is 2.62. The molecule has 0 atom stereocenters. The quantitative estimate of drug-likeness (QED) is 0.879. The van der Waals surface area contributed by atoms with Crippen LogP contribution in [0.5, 0.6) is 0 Å². The van der Waals surface area contributed by atoms with Crippen LogP contribution in [0, 0.1) is 11.8 Å². The SMILES string of the molecule is OC1(c2ccccc2)CCN(CCC#Cc2ccccc2)CC1. The molecule has 0 saturated carbocycles. The van der Waals surface area contributed by atoms with Crippen molar-refractivity contribution in [1.82, 2.24) is 4.90 Å². The maximum absolute atomic E-state index is 10.8. The summed E-state index contributed by atoms with van der Waals surface area (Å²) in [6.07, 6.45) is 2.46. The highest BCUT2D eigenvalue weighted by Crippen LogP contribution is 2.32. The molecule has 1 aliphatic heterocycles. The van der Waals surface area contributed by atoms with E-state index in [2.05, 4.69) is 16.7 Å². The van der Waals surface area contributed by atoms with Crippen LogP contribution < -0.4 is 0 Å². The molecule has 0 radical (unpaired) electrons. The average molecular weight is 305 g/mol. The molecule has 0 spiro atoms. The van der Waals surface area contributed by atoms with Crippen molar-refractivity contribution in [1.29, 1.82) is 0 Å². The van der Waals surface area contributed by atoms with E-state index in [9.17, 15) is 5.11 Å². The Bertz CT molecular complexity index is 661. The van der Waals surface area contributed by atoms with Gasteiger partial charge in [-0.05, 0) is 30.5 Å². The van der Waals surface area contributed by atoms with Gasteiger partial charge in [0.1, 0.15) is 0 Å². The van der Waals surface area contributed by atoms with E-state index < -0.39 is 5.60 Å². The van der Waals surface area contributed by atoms with Crippen molar-refractivity contribution in [3.63, 3.8) is 0 Å². The van der Waals surface area contributed by atoms with Gasteiger partial charge in [-0.25, -0.2) is 0 Å². The number of likely N-dealkylation sites (tertiary alicyclic amines) is 1. The Morgan fingerprint density at radius 1 is 0.913 bits per heavy atom. The first-order valence-electron chi connectivity index (χ1n) is 8.30. The summed E-state index contributed by atoms with van der Waals surface area (Å²) in [4.78, 5) is 2.40. The fourth-order valence-corrected chi connectivity index (χ4v) is 3.08. The van der Waals surface area contributed by atoms with Crippen LogP contribution in [0.3, 0.4) is 0 Å². The fourth-order valence-electron chi connectivity index (χ4n) is 3.08. The summed E-state index contributed by atoms with van der Waals surface area (Å²) >= 11 is 0. The van der Waals surface area contributed by atoms with E-state index in [1.165, 1.54) is 0 Å². The third-order valence-corrected chi connectivity index (χ3v) is 4.55. The minimum atomic E-state index is -0.659. The second-order valence-corrected chi connectivity index (χ2v) is 6.16. The lowest BCUT2D eigenvalue weighted by molar-refractivity contribution is -0.0253. The monoisotopic (exact) mass is 305 g/mol. The molecular weight excluding hydrogens is 282 g/mol. The molecule has 1 heterocycles. The van der Waals surface area contributed by atoms with Gasteiger partial charge < -0.3 is 10.0 Å². The molecule has 2 nitrogen and oxygen atoms in total. The molecule has 2 aromatic rings. The zero-order chi connectivity index (χ0) is 16.0. The van der Waals surface area contributed by atoms with E-state index in [0.717, 1.165) is 50.0 Å². The first-order valence-corrected chi connectivity index (χ1v) is 8.30. The number of hydrogen-bond donors (Lipinski definition) is 1. The minimum absolute atomic E-state index is 0.659. The molecule has 0 bridgehead atoms. The Morgan fingerprint density at radius 2 is 1.52 bits per heavy atom. The Kier molecular flexibility index (Phi) is 5.12. The van der Waals surface area contributed by atoms with Crippen LogP contribution in [0.2, 0.25) is 0 Å². The Balaban J connectivity index is 1.47. The minimum Gasteiger partial charge on any atom is -0.385 e. The van der Waals surface area contributed by atoms with Crippen molar-refractivity contribution < 1.29 is 5.11 Å². The van der Waals surface area contributed by atoms with E-state index in [0.29, 0.717) is 0 Å². The van der Waals surface area contributed by atoms with Gasteiger partial charge in [-0.3, -0.25) is 0 Å². The number of aliphatic hydroxyl groups is 1. The summed E-state index contributed by atoms with van der Waals surface area (Å²) < 4.78 is 0. The van der Waals surface area contributed by atoms with Crippen molar-refractivity contribution in [3.8, 4) is 11.8 Å². The highest BCUT2D eigenvalue weighted by molar-refractivity contribution is 5.33. The van der Waals surface area contributed by atoms with E-state index in [4.69, 9.17) is 0 Å². The molecule has 2 aromatic carbocycles. The smallest absolute Gasteiger partial charge is 0.0920 e. The van der Waals surface area contributed by atoms with Gasteiger partial charge in [0.2, 0.25) is 0 Å². The van der Waals surface area contributed by atoms with Crippen LogP contribution in [0.15, 0.2) is 60.7 Å². The topological polar surface area (TPSA) is 23.5 Å². The van der Waals surface area contributed by atoms with Gasteiger partial charge >= 0.3 is 0 Å². The summed E-state index contributed by atoms with van der Waals surface area (Å²) in [5.41, 5.74) is 1.46. The second kappa shape index (κ2) is 7.46. The number of nitrogens with zero attached hydrogens (tertiary/aromatic N) is 1. The lowest BCUT2D eigenvalue weighted by Gasteiger charge is -2.38. The largest absolute Gasteiger partial charge is 0.385 e. The van der Waals surface area contributed by atoms with Gasteiger partial charge in [0.25, 0.3) is 0 Å². The van der Waals surface area contributed by atoms with Crippen LogP contribution in [0.4, 0.5) is 0 Å².